The molecule has 1 aliphatic heterocycles. The summed E-state index contributed by atoms with van der Waals surface area (Å²) in [4.78, 5) is 2.34. The number of hydrogen-bond acceptors (Lipinski definition) is 3. The van der Waals surface area contributed by atoms with Crippen LogP contribution in [0, 0.1) is 0 Å². The van der Waals surface area contributed by atoms with Crippen molar-refractivity contribution in [2.24, 2.45) is 5.73 Å². The molecule has 2 N–H and O–H groups in total. The van der Waals surface area contributed by atoms with Crippen molar-refractivity contribution in [2.75, 3.05) is 20.2 Å². The third kappa shape index (κ3) is 3.75. The molecule has 0 radical (unpaired) electrons. The summed E-state index contributed by atoms with van der Waals surface area (Å²) in [6.07, 6.45) is 1.08. The van der Waals surface area contributed by atoms with Crippen LogP contribution in [0.5, 0.6) is 5.75 Å². The van der Waals surface area contributed by atoms with Gasteiger partial charge in [-0.05, 0) is 18.6 Å². The fraction of sp³-hybridized carbons (Fsp3) is 0.500. The van der Waals surface area contributed by atoms with Gasteiger partial charge in [-0.15, -0.1) is 12.4 Å². The summed E-state index contributed by atoms with van der Waals surface area (Å²) >= 11 is 5.92. The second-order valence-corrected chi connectivity index (χ2v) is 4.68. The standard InChI is InChI=1S/C12H17ClN2O.ClH/c1-16-12-6-10(13)3-2-9(12)7-15-5-4-11(14)8-15;/h2-3,6,11H,4-5,7-8,14H2,1H3;1H. The van der Waals surface area contributed by atoms with E-state index in [1.165, 1.54) is 5.56 Å². The minimum Gasteiger partial charge on any atom is -0.496 e. The summed E-state index contributed by atoms with van der Waals surface area (Å²) in [5.41, 5.74) is 7.05. The fourth-order valence-electron chi connectivity index (χ4n) is 2.10. The average Bonchev–Trinajstić information content (AvgIpc) is 2.67. The first-order valence-corrected chi connectivity index (χ1v) is 5.87. The van der Waals surface area contributed by atoms with Gasteiger partial charge < -0.3 is 10.5 Å². The molecule has 1 unspecified atom stereocenters. The SMILES string of the molecule is COc1cc(Cl)ccc1CN1CCC(N)C1.Cl. The van der Waals surface area contributed by atoms with Crippen LogP contribution in [0.4, 0.5) is 0 Å². The number of likely N-dealkylation sites (tertiary alicyclic amines) is 1. The van der Waals surface area contributed by atoms with Gasteiger partial charge in [0.05, 0.1) is 7.11 Å². The Labute approximate surface area is 113 Å². The van der Waals surface area contributed by atoms with Crippen molar-refractivity contribution in [1.29, 1.82) is 0 Å². The van der Waals surface area contributed by atoms with Crippen molar-refractivity contribution in [3.8, 4) is 5.75 Å². The van der Waals surface area contributed by atoms with Gasteiger partial charge in [0.15, 0.2) is 0 Å². The second kappa shape index (κ2) is 6.45. The molecular formula is C12H18Cl2N2O. The predicted octanol–water partition coefficient (Wildman–Crippen LogP) is 2.30. The van der Waals surface area contributed by atoms with Crippen LogP contribution in [0.1, 0.15) is 12.0 Å². The Hall–Kier alpha value is -0.480. The minimum atomic E-state index is 0. The van der Waals surface area contributed by atoms with Crippen LogP contribution in [0.25, 0.3) is 0 Å². The van der Waals surface area contributed by atoms with Gasteiger partial charge in [-0.1, -0.05) is 17.7 Å². The molecule has 0 aliphatic carbocycles. The molecule has 0 amide bonds. The molecule has 3 nitrogen and oxygen atoms in total. The number of nitrogens with zero attached hydrogens (tertiary/aromatic N) is 1. The van der Waals surface area contributed by atoms with Gasteiger partial charge in [0.25, 0.3) is 0 Å². The van der Waals surface area contributed by atoms with Gasteiger partial charge in [-0.2, -0.15) is 0 Å². The number of nitrogens with two attached hydrogens (primary N) is 1. The third-order valence-electron chi connectivity index (χ3n) is 2.95. The zero-order valence-corrected chi connectivity index (χ0v) is 11.4. The van der Waals surface area contributed by atoms with Crippen molar-refractivity contribution in [1.82, 2.24) is 4.90 Å². The first-order valence-electron chi connectivity index (χ1n) is 5.49. The Bertz CT molecular complexity index is 374. The summed E-state index contributed by atoms with van der Waals surface area (Å²) in [6, 6.07) is 6.09. The van der Waals surface area contributed by atoms with Crippen molar-refractivity contribution in [3.63, 3.8) is 0 Å². The van der Waals surface area contributed by atoms with E-state index >= 15 is 0 Å². The molecule has 1 saturated heterocycles. The number of ether oxygens (including phenoxy) is 1. The topological polar surface area (TPSA) is 38.5 Å². The van der Waals surface area contributed by atoms with Gasteiger partial charge in [0, 0.05) is 36.3 Å². The van der Waals surface area contributed by atoms with E-state index in [0.717, 1.165) is 31.8 Å². The summed E-state index contributed by atoms with van der Waals surface area (Å²) in [7, 11) is 1.67. The molecule has 1 aromatic rings. The van der Waals surface area contributed by atoms with Gasteiger partial charge >= 0.3 is 0 Å². The number of halogens is 2. The lowest BCUT2D eigenvalue weighted by Gasteiger charge is -2.17. The van der Waals surface area contributed by atoms with E-state index in [9.17, 15) is 0 Å². The summed E-state index contributed by atoms with van der Waals surface area (Å²) in [5, 5.41) is 0.707. The summed E-state index contributed by atoms with van der Waals surface area (Å²) < 4.78 is 5.32. The van der Waals surface area contributed by atoms with Gasteiger partial charge in [-0.3, -0.25) is 4.90 Å². The van der Waals surface area contributed by atoms with Crippen molar-refractivity contribution < 1.29 is 4.74 Å². The largest absolute Gasteiger partial charge is 0.496 e. The monoisotopic (exact) mass is 276 g/mol. The highest BCUT2D eigenvalue weighted by Crippen LogP contribution is 2.25. The molecule has 0 saturated carbocycles. The van der Waals surface area contributed by atoms with E-state index < -0.39 is 0 Å². The quantitative estimate of drug-likeness (QED) is 0.921. The van der Waals surface area contributed by atoms with E-state index in [-0.39, 0.29) is 12.4 Å². The van der Waals surface area contributed by atoms with Crippen LogP contribution in [0.3, 0.4) is 0 Å². The van der Waals surface area contributed by atoms with Crippen LogP contribution in [0.2, 0.25) is 5.02 Å². The highest BCUT2D eigenvalue weighted by molar-refractivity contribution is 6.30. The molecule has 0 bridgehead atoms. The molecule has 1 fully saturated rings. The number of benzene rings is 1. The molecule has 17 heavy (non-hydrogen) atoms. The maximum atomic E-state index is 5.92. The molecule has 0 aromatic heterocycles. The molecule has 5 heteroatoms. The zero-order chi connectivity index (χ0) is 11.5. The van der Waals surface area contributed by atoms with E-state index in [0.29, 0.717) is 11.1 Å². The maximum Gasteiger partial charge on any atom is 0.124 e. The van der Waals surface area contributed by atoms with E-state index in [1.54, 1.807) is 7.11 Å². The van der Waals surface area contributed by atoms with E-state index in [1.807, 2.05) is 18.2 Å². The van der Waals surface area contributed by atoms with Gasteiger partial charge in [0.1, 0.15) is 5.75 Å². The highest BCUT2D eigenvalue weighted by Gasteiger charge is 2.19. The number of rotatable bonds is 3. The highest BCUT2D eigenvalue weighted by atomic mass is 35.5. The molecule has 0 spiro atoms. The lowest BCUT2D eigenvalue weighted by molar-refractivity contribution is 0.317. The minimum absolute atomic E-state index is 0. The van der Waals surface area contributed by atoms with Gasteiger partial charge in [-0.25, -0.2) is 0 Å². The lowest BCUT2D eigenvalue weighted by Crippen LogP contribution is -2.26. The van der Waals surface area contributed by atoms with Crippen LogP contribution in [-0.4, -0.2) is 31.1 Å². The Balaban J connectivity index is 0.00000144. The van der Waals surface area contributed by atoms with Gasteiger partial charge in [0.2, 0.25) is 0 Å². The molecular weight excluding hydrogens is 259 g/mol. The van der Waals surface area contributed by atoms with Crippen LogP contribution in [0.15, 0.2) is 18.2 Å². The Morgan fingerprint density at radius 1 is 1.53 bits per heavy atom. The fourth-order valence-corrected chi connectivity index (χ4v) is 2.26. The first kappa shape index (κ1) is 14.6. The summed E-state index contributed by atoms with van der Waals surface area (Å²) in [5.74, 6) is 0.855. The third-order valence-corrected chi connectivity index (χ3v) is 3.19. The lowest BCUT2D eigenvalue weighted by atomic mass is 10.2. The average molecular weight is 277 g/mol. The molecule has 1 aliphatic rings. The zero-order valence-electron chi connectivity index (χ0n) is 9.86. The van der Waals surface area contributed by atoms with E-state index in [4.69, 9.17) is 22.1 Å². The Morgan fingerprint density at radius 2 is 2.29 bits per heavy atom. The molecule has 96 valence electrons. The van der Waals surface area contributed by atoms with Crippen LogP contribution < -0.4 is 10.5 Å². The number of hydrogen-bond donors (Lipinski definition) is 1. The Kier molecular flexibility index (Phi) is 5.53. The van der Waals surface area contributed by atoms with E-state index in [2.05, 4.69) is 4.90 Å². The second-order valence-electron chi connectivity index (χ2n) is 4.24. The van der Waals surface area contributed by atoms with Crippen LogP contribution >= 0.6 is 24.0 Å². The van der Waals surface area contributed by atoms with Crippen molar-refractivity contribution >= 4 is 24.0 Å². The Morgan fingerprint density at radius 3 is 2.88 bits per heavy atom. The smallest absolute Gasteiger partial charge is 0.124 e. The maximum absolute atomic E-state index is 5.92. The summed E-state index contributed by atoms with van der Waals surface area (Å²) in [6.45, 7) is 2.91. The first-order chi connectivity index (χ1) is 7.69. The van der Waals surface area contributed by atoms with Crippen molar-refractivity contribution in [3.05, 3.63) is 28.8 Å². The van der Waals surface area contributed by atoms with Crippen molar-refractivity contribution in [2.45, 2.75) is 19.0 Å². The molecule has 1 aromatic carbocycles. The molecule has 2 rings (SSSR count). The predicted molar refractivity (Wildman–Crippen MR) is 73.1 cm³/mol. The normalized spacial score (nSPS) is 20.1. The molecule has 1 heterocycles. The van der Waals surface area contributed by atoms with Crippen LogP contribution in [-0.2, 0) is 6.54 Å². The number of methoxy groups -OCH3 is 1. The molecule has 1 atom stereocenters.